The molecule has 2 heterocycles. The predicted molar refractivity (Wildman–Crippen MR) is 126 cm³/mol. The minimum absolute atomic E-state index is 0.0325. The molecule has 31 heavy (non-hydrogen) atoms. The summed E-state index contributed by atoms with van der Waals surface area (Å²) in [6, 6.07) is 21.1. The lowest BCUT2D eigenvalue weighted by Crippen LogP contribution is -2.67. The zero-order valence-corrected chi connectivity index (χ0v) is 19.7. The van der Waals surface area contributed by atoms with E-state index < -0.39 is 20.5 Å². The first kappa shape index (κ1) is 22.4. The standard InChI is InChI=1S/C26H34O4Si/c1-26(2,3)31(20-11-6-4-7-12-20,21-13-8-5-9-14-21)29-19-25-22(27)16-17-23-24(30-25)15-10-18-28-23/h4-9,11-14,16-17,22-25,27H,10,15,18-19H2,1-3H3/t22-,23?,24-,25+/m0/s1. The predicted octanol–water partition coefficient (Wildman–Crippen LogP) is 3.43. The minimum Gasteiger partial charge on any atom is -0.405 e. The Hall–Kier alpha value is -1.76. The third-order valence-electron chi connectivity index (χ3n) is 6.42. The average Bonchev–Trinajstić information content (AvgIpc) is 2.94. The van der Waals surface area contributed by atoms with Crippen LogP contribution in [0.1, 0.15) is 33.6 Å². The van der Waals surface area contributed by atoms with Gasteiger partial charge in [-0.15, -0.1) is 0 Å². The first-order valence-corrected chi connectivity index (χ1v) is 13.2. The smallest absolute Gasteiger partial charge is 0.261 e. The average molecular weight is 439 g/mol. The second kappa shape index (κ2) is 9.39. The van der Waals surface area contributed by atoms with E-state index >= 15 is 0 Å². The van der Waals surface area contributed by atoms with Crippen molar-refractivity contribution in [2.24, 2.45) is 0 Å². The van der Waals surface area contributed by atoms with Crippen LogP contribution in [0.2, 0.25) is 5.04 Å². The maximum absolute atomic E-state index is 10.8. The summed E-state index contributed by atoms with van der Waals surface area (Å²) < 4.78 is 19.2. The van der Waals surface area contributed by atoms with Crippen molar-refractivity contribution in [2.75, 3.05) is 13.2 Å². The highest BCUT2D eigenvalue weighted by Gasteiger charge is 2.50. The van der Waals surface area contributed by atoms with Gasteiger partial charge in [-0.3, -0.25) is 0 Å². The van der Waals surface area contributed by atoms with Gasteiger partial charge in [0.2, 0.25) is 0 Å². The van der Waals surface area contributed by atoms with E-state index in [0.717, 1.165) is 19.4 Å². The molecule has 0 amide bonds. The molecule has 0 aromatic heterocycles. The fourth-order valence-corrected chi connectivity index (χ4v) is 9.43. The van der Waals surface area contributed by atoms with E-state index in [9.17, 15) is 5.11 Å². The number of aliphatic hydroxyl groups is 1. The first-order chi connectivity index (χ1) is 14.9. The lowest BCUT2D eigenvalue weighted by molar-refractivity contribution is -0.135. The summed E-state index contributed by atoms with van der Waals surface area (Å²) in [5.74, 6) is 0. The Labute approximate surface area is 187 Å². The van der Waals surface area contributed by atoms with Crippen LogP contribution in [0.3, 0.4) is 0 Å². The van der Waals surface area contributed by atoms with Crippen LogP contribution in [-0.2, 0) is 13.9 Å². The topological polar surface area (TPSA) is 47.9 Å². The van der Waals surface area contributed by atoms with E-state index in [1.165, 1.54) is 10.4 Å². The summed E-state index contributed by atoms with van der Waals surface area (Å²) >= 11 is 0. The highest BCUT2D eigenvalue weighted by molar-refractivity contribution is 6.99. The molecule has 1 fully saturated rings. The van der Waals surface area contributed by atoms with Crippen LogP contribution in [0.15, 0.2) is 72.8 Å². The van der Waals surface area contributed by atoms with Gasteiger partial charge in [-0.2, -0.15) is 0 Å². The highest BCUT2D eigenvalue weighted by Crippen LogP contribution is 2.37. The SMILES string of the molecule is CC(C)(C)[Si](OC[C@H]1O[C@H]2CCCOC2C=C[C@@H]1O)(c1ccccc1)c1ccccc1. The number of ether oxygens (including phenoxy) is 2. The van der Waals surface area contributed by atoms with E-state index in [1.54, 1.807) is 0 Å². The number of hydrogen-bond acceptors (Lipinski definition) is 4. The Kier molecular flexibility index (Phi) is 6.79. The Morgan fingerprint density at radius 1 is 0.968 bits per heavy atom. The highest BCUT2D eigenvalue weighted by atomic mass is 28.4. The van der Waals surface area contributed by atoms with Crippen LogP contribution in [0, 0.1) is 0 Å². The van der Waals surface area contributed by atoms with E-state index in [1.807, 2.05) is 24.3 Å². The quantitative estimate of drug-likeness (QED) is 0.574. The van der Waals surface area contributed by atoms with Crippen LogP contribution in [-0.4, -0.2) is 51.1 Å². The summed E-state index contributed by atoms with van der Waals surface area (Å²) in [5.41, 5.74) is 0. The van der Waals surface area contributed by atoms with Gasteiger partial charge in [0.25, 0.3) is 8.32 Å². The number of hydrogen-bond donors (Lipinski definition) is 1. The largest absolute Gasteiger partial charge is 0.405 e. The second-order valence-electron chi connectivity index (χ2n) is 9.54. The number of rotatable bonds is 5. The molecule has 5 heteroatoms. The van der Waals surface area contributed by atoms with Gasteiger partial charge in [-0.05, 0) is 28.3 Å². The summed E-state index contributed by atoms with van der Waals surface area (Å²) in [5, 5.41) is 13.1. The fraction of sp³-hybridized carbons (Fsp3) is 0.462. The van der Waals surface area contributed by atoms with Gasteiger partial charge >= 0.3 is 0 Å². The number of benzene rings is 2. The van der Waals surface area contributed by atoms with E-state index in [2.05, 4.69) is 69.3 Å². The third kappa shape index (κ3) is 4.57. The van der Waals surface area contributed by atoms with E-state index in [4.69, 9.17) is 13.9 Å². The van der Waals surface area contributed by atoms with Crippen LogP contribution < -0.4 is 10.4 Å². The monoisotopic (exact) mass is 438 g/mol. The normalized spacial score (nSPS) is 26.8. The maximum atomic E-state index is 10.8. The molecule has 0 saturated carbocycles. The Morgan fingerprint density at radius 3 is 2.16 bits per heavy atom. The molecule has 2 aliphatic rings. The molecule has 4 rings (SSSR count). The molecule has 1 saturated heterocycles. The molecule has 4 atom stereocenters. The first-order valence-electron chi connectivity index (χ1n) is 11.3. The molecule has 1 N–H and O–H groups in total. The lowest BCUT2D eigenvalue weighted by atomic mass is 10.1. The minimum atomic E-state index is -2.67. The van der Waals surface area contributed by atoms with Crippen molar-refractivity contribution in [3.63, 3.8) is 0 Å². The molecule has 2 aromatic rings. The van der Waals surface area contributed by atoms with E-state index in [0.29, 0.717) is 6.61 Å². The summed E-state index contributed by atoms with van der Waals surface area (Å²) in [6.07, 6.45) is 4.44. The van der Waals surface area contributed by atoms with Crippen LogP contribution in [0.25, 0.3) is 0 Å². The molecule has 2 aliphatic heterocycles. The van der Waals surface area contributed by atoms with Gasteiger partial charge in [-0.25, -0.2) is 0 Å². The van der Waals surface area contributed by atoms with Gasteiger partial charge in [0.05, 0.1) is 12.7 Å². The van der Waals surface area contributed by atoms with Crippen LogP contribution in [0.5, 0.6) is 0 Å². The summed E-state index contributed by atoms with van der Waals surface area (Å²) in [6.45, 7) is 7.85. The Balaban J connectivity index is 1.67. The number of fused-ring (bicyclic) bond motifs is 1. The lowest BCUT2D eigenvalue weighted by Gasteiger charge is -2.44. The van der Waals surface area contributed by atoms with Crippen LogP contribution >= 0.6 is 0 Å². The van der Waals surface area contributed by atoms with Gasteiger partial charge in [0, 0.05) is 6.61 Å². The van der Waals surface area contributed by atoms with Crippen molar-refractivity contribution in [1.29, 1.82) is 0 Å². The molecule has 1 unspecified atom stereocenters. The van der Waals surface area contributed by atoms with Crippen molar-refractivity contribution < 1.29 is 19.0 Å². The molecule has 166 valence electrons. The molecule has 0 radical (unpaired) electrons. The van der Waals surface area contributed by atoms with Crippen molar-refractivity contribution in [3.05, 3.63) is 72.8 Å². The third-order valence-corrected chi connectivity index (χ3v) is 11.4. The Morgan fingerprint density at radius 2 is 1.58 bits per heavy atom. The molecule has 0 aliphatic carbocycles. The van der Waals surface area contributed by atoms with Crippen molar-refractivity contribution in [1.82, 2.24) is 0 Å². The second-order valence-corrected chi connectivity index (χ2v) is 13.8. The molecular formula is C26H34O4Si. The molecule has 0 spiro atoms. The fourth-order valence-electron chi connectivity index (χ4n) is 4.86. The summed E-state index contributed by atoms with van der Waals surface area (Å²) in [4.78, 5) is 0. The van der Waals surface area contributed by atoms with Crippen LogP contribution in [0.4, 0.5) is 0 Å². The molecule has 4 nitrogen and oxygen atoms in total. The molecular weight excluding hydrogens is 404 g/mol. The van der Waals surface area contributed by atoms with Gasteiger partial charge < -0.3 is 19.0 Å². The van der Waals surface area contributed by atoms with Crippen molar-refractivity contribution >= 4 is 18.7 Å². The van der Waals surface area contributed by atoms with E-state index in [-0.39, 0.29) is 17.2 Å². The van der Waals surface area contributed by atoms with Gasteiger partial charge in [-0.1, -0.05) is 93.6 Å². The zero-order chi connectivity index (χ0) is 21.9. The van der Waals surface area contributed by atoms with Crippen molar-refractivity contribution in [3.8, 4) is 0 Å². The van der Waals surface area contributed by atoms with Gasteiger partial charge in [0.1, 0.15) is 18.3 Å². The molecule has 0 bridgehead atoms. The van der Waals surface area contributed by atoms with Crippen molar-refractivity contribution in [2.45, 2.75) is 63.1 Å². The van der Waals surface area contributed by atoms with Gasteiger partial charge in [0.15, 0.2) is 0 Å². The summed E-state index contributed by atoms with van der Waals surface area (Å²) in [7, 11) is -2.67. The maximum Gasteiger partial charge on any atom is 0.261 e. The Bertz CT molecular complexity index is 822. The zero-order valence-electron chi connectivity index (χ0n) is 18.7. The molecule has 2 aromatic carbocycles. The number of aliphatic hydroxyl groups excluding tert-OH is 1.